The standard InChI is InChI=1S/C9H15NO3/c1-5-6(11)10-7(8(12)13)9(2,3)4/h5,7H,1H2,2-4H3,(H,10,11)(H,12,13). The van der Waals surface area contributed by atoms with Crippen molar-refractivity contribution in [3.8, 4) is 0 Å². The smallest absolute Gasteiger partial charge is 0.326 e. The van der Waals surface area contributed by atoms with Crippen LogP contribution in [0.4, 0.5) is 0 Å². The van der Waals surface area contributed by atoms with E-state index in [0.29, 0.717) is 0 Å². The highest BCUT2D eigenvalue weighted by Crippen LogP contribution is 2.19. The predicted octanol–water partition coefficient (Wildman–Crippen LogP) is 0.788. The molecule has 1 atom stereocenters. The van der Waals surface area contributed by atoms with E-state index in [2.05, 4.69) is 11.9 Å². The minimum absolute atomic E-state index is 0.470. The highest BCUT2D eigenvalue weighted by atomic mass is 16.4. The third-order valence-electron chi connectivity index (χ3n) is 1.58. The number of nitrogens with one attached hydrogen (secondary N) is 1. The van der Waals surface area contributed by atoms with Crippen LogP contribution in [0, 0.1) is 5.41 Å². The summed E-state index contributed by atoms with van der Waals surface area (Å²) >= 11 is 0. The Morgan fingerprint density at radius 2 is 1.92 bits per heavy atom. The zero-order valence-electron chi connectivity index (χ0n) is 8.13. The molecule has 2 N–H and O–H groups in total. The Hall–Kier alpha value is -1.32. The summed E-state index contributed by atoms with van der Waals surface area (Å²) < 4.78 is 0. The molecule has 74 valence electrons. The number of carboxylic acid groups (broad SMARTS) is 1. The van der Waals surface area contributed by atoms with Gasteiger partial charge in [-0.25, -0.2) is 4.79 Å². The monoisotopic (exact) mass is 185 g/mol. The Morgan fingerprint density at radius 1 is 1.46 bits per heavy atom. The minimum atomic E-state index is -1.04. The predicted molar refractivity (Wildman–Crippen MR) is 49.2 cm³/mol. The Morgan fingerprint density at radius 3 is 2.15 bits per heavy atom. The second-order valence-electron chi connectivity index (χ2n) is 3.85. The normalized spacial score (nSPS) is 13.2. The Kier molecular flexibility index (Phi) is 3.66. The zero-order chi connectivity index (χ0) is 10.6. The first kappa shape index (κ1) is 11.7. The van der Waals surface area contributed by atoms with Gasteiger partial charge in [0, 0.05) is 0 Å². The lowest BCUT2D eigenvalue weighted by Gasteiger charge is -2.27. The van der Waals surface area contributed by atoms with E-state index >= 15 is 0 Å². The molecular weight excluding hydrogens is 170 g/mol. The average Bonchev–Trinajstić information content (AvgIpc) is 1.96. The van der Waals surface area contributed by atoms with Gasteiger partial charge < -0.3 is 10.4 Å². The van der Waals surface area contributed by atoms with Crippen molar-refractivity contribution < 1.29 is 14.7 Å². The summed E-state index contributed by atoms with van der Waals surface area (Å²) in [6.45, 7) is 8.49. The number of aliphatic carboxylic acids is 1. The summed E-state index contributed by atoms with van der Waals surface area (Å²) in [6.07, 6.45) is 1.06. The Bertz CT molecular complexity index is 228. The fourth-order valence-electron chi connectivity index (χ4n) is 0.850. The molecule has 0 aliphatic heterocycles. The Balaban J connectivity index is 4.55. The molecule has 0 aromatic carbocycles. The van der Waals surface area contributed by atoms with Crippen molar-refractivity contribution in [1.82, 2.24) is 5.32 Å². The van der Waals surface area contributed by atoms with Crippen LogP contribution in [0.25, 0.3) is 0 Å². The van der Waals surface area contributed by atoms with Crippen LogP contribution < -0.4 is 5.32 Å². The van der Waals surface area contributed by atoms with Gasteiger partial charge in [-0.05, 0) is 11.5 Å². The van der Waals surface area contributed by atoms with Crippen LogP contribution >= 0.6 is 0 Å². The maximum Gasteiger partial charge on any atom is 0.326 e. The summed E-state index contributed by atoms with van der Waals surface area (Å²) in [7, 11) is 0. The number of amides is 1. The summed E-state index contributed by atoms with van der Waals surface area (Å²) in [6, 6.07) is -0.891. The highest BCUT2D eigenvalue weighted by molar-refractivity contribution is 5.90. The molecule has 0 aliphatic carbocycles. The van der Waals surface area contributed by atoms with Crippen LogP contribution in [0.2, 0.25) is 0 Å². The van der Waals surface area contributed by atoms with Gasteiger partial charge in [-0.2, -0.15) is 0 Å². The first-order valence-electron chi connectivity index (χ1n) is 3.94. The molecule has 0 aromatic heterocycles. The van der Waals surface area contributed by atoms with Gasteiger partial charge in [-0.15, -0.1) is 0 Å². The molecule has 0 aliphatic rings. The van der Waals surface area contributed by atoms with Gasteiger partial charge in [0.2, 0.25) is 5.91 Å². The molecule has 0 spiro atoms. The average molecular weight is 185 g/mol. The number of hydrogen-bond donors (Lipinski definition) is 2. The molecule has 0 rings (SSSR count). The lowest BCUT2D eigenvalue weighted by atomic mass is 9.87. The zero-order valence-corrected chi connectivity index (χ0v) is 8.13. The van der Waals surface area contributed by atoms with E-state index in [1.165, 1.54) is 0 Å². The van der Waals surface area contributed by atoms with E-state index in [0.717, 1.165) is 6.08 Å². The van der Waals surface area contributed by atoms with Gasteiger partial charge in [0.15, 0.2) is 0 Å². The van der Waals surface area contributed by atoms with Crippen LogP contribution in [0.5, 0.6) is 0 Å². The van der Waals surface area contributed by atoms with E-state index in [-0.39, 0.29) is 0 Å². The van der Waals surface area contributed by atoms with Crippen molar-refractivity contribution >= 4 is 11.9 Å². The van der Waals surface area contributed by atoms with Crippen molar-refractivity contribution in [1.29, 1.82) is 0 Å². The molecule has 0 radical (unpaired) electrons. The molecule has 4 heteroatoms. The molecule has 0 saturated heterocycles. The quantitative estimate of drug-likeness (QED) is 0.639. The van der Waals surface area contributed by atoms with E-state index in [1.54, 1.807) is 20.8 Å². The third kappa shape index (κ3) is 3.73. The number of carbonyl (C=O) groups is 2. The molecule has 0 fully saturated rings. The topological polar surface area (TPSA) is 66.4 Å². The first-order valence-corrected chi connectivity index (χ1v) is 3.94. The largest absolute Gasteiger partial charge is 0.480 e. The fourth-order valence-corrected chi connectivity index (χ4v) is 0.850. The van der Waals surface area contributed by atoms with Crippen LogP contribution in [0.15, 0.2) is 12.7 Å². The van der Waals surface area contributed by atoms with Crippen LogP contribution in [-0.2, 0) is 9.59 Å². The van der Waals surface area contributed by atoms with E-state index in [9.17, 15) is 9.59 Å². The maximum atomic E-state index is 10.9. The van der Waals surface area contributed by atoms with Gasteiger partial charge >= 0.3 is 5.97 Å². The highest BCUT2D eigenvalue weighted by Gasteiger charge is 2.31. The maximum absolute atomic E-state index is 10.9. The second-order valence-corrected chi connectivity index (χ2v) is 3.85. The van der Waals surface area contributed by atoms with Gasteiger partial charge in [0.25, 0.3) is 0 Å². The van der Waals surface area contributed by atoms with Crippen molar-refractivity contribution in [2.45, 2.75) is 26.8 Å². The lowest BCUT2D eigenvalue weighted by molar-refractivity contribution is -0.144. The first-order chi connectivity index (χ1) is 5.79. The van der Waals surface area contributed by atoms with Crippen molar-refractivity contribution in [2.75, 3.05) is 0 Å². The molecule has 0 aromatic rings. The fraction of sp³-hybridized carbons (Fsp3) is 0.556. The van der Waals surface area contributed by atoms with Gasteiger partial charge in [-0.3, -0.25) is 4.79 Å². The van der Waals surface area contributed by atoms with Crippen LogP contribution in [0.1, 0.15) is 20.8 Å². The molecule has 4 nitrogen and oxygen atoms in total. The third-order valence-corrected chi connectivity index (χ3v) is 1.58. The summed E-state index contributed by atoms with van der Waals surface area (Å²) in [5, 5.41) is 11.2. The number of carboxylic acids is 1. The minimum Gasteiger partial charge on any atom is -0.480 e. The molecular formula is C9H15NO3. The Labute approximate surface area is 77.6 Å². The van der Waals surface area contributed by atoms with Gasteiger partial charge in [0.05, 0.1) is 0 Å². The number of hydrogen-bond acceptors (Lipinski definition) is 2. The van der Waals surface area contributed by atoms with Gasteiger partial charge in [0.1, 0.15) is 6.04 Å². The SMILES string of the molecule is C=CC(=O)NC(C(=O)O)C(C)(C)C. The second kappa shape index (κ2) is 4.07. The molecule has 13 heavy (non-hydrogen) atoms. The van der Waals surface area contributed by atoms with Crippen LogP contribution in [-0.4, -0.2) is 23.0 Å². The number of rotatable bonds is 3. The van der Waals surface area contributed by atoms with Crippen molar-refractivity contribution in [2.24, 2.45) is 5.41 Å². The lowest BCUT2D eigenvalue weighted by Crippen LogP contribution is -2.48. The van der Waals surface area contributed by atoms with E-state index < -0.39 is 23.3 Å². The van der Waals surface area contributed by atoms with Gasteiger partial charge in [-0.1, -0.05) is 27.4 Å². The summed E-state index contributed by atoms with van der Waals surface area (Å²) in [5.41, 5.74) is -0.509. The molecule has 0 bridgehead atoms. The molecule has 0 saturated carbocycles. The van der Waals surface area contributed by atoms with Crippen LogP contribution in [0.3, 0.4) is 0 Å². The van der Waals surface area contributed by atoms with E-state index in [1.807, 2.05) is 0 Å². The molecule has 1 amide bonds. The van der Waals surface area contributed by atoms with E-state index in [4.69, 9.17) is 5.11 Å². The number of carbonyl (C=O) groups excluding carboxylic acids is 1. The van der Waals surface area contributed by atoms with Crippen molar-refractivity contribution in [3.63, 3.8) is 0 Å². The van der Waals surface area contributed by atoms with Crippen molar-refractivity contribution in [3.05, 3.63) is 12.7 Å². The summed E-state index contributed by atoms with van der Waals surface area (Å²) in [4.78, 5) is 21.6. The summed E-state index contributed by atoms with van der Waals surface area (Å²) in [5.74, 6) is -1.51. The molecule has 1 unspecified atom stereocenters. The molecule has 0 heterocycles.